The molecule has 11 aromatic carbocycles. The fraction of sp³-hybridized carbons (Fsp3) is 0. The van der Waals surface area contributed by atoms with Crippen molar-refractivity contribution < 1.29 is 0 Å². The third kappa shape index (κ3) is 3.78. The van der Waals surface area contributed by atoms with Crippen molar-refractivity contribution in [3.8, 4) is 11.1 Å². The standard InChI is InChI=1S/C56H31B2NS/c1-2-15-32(16-3-1)57-46-26-14-27-47-54(46)59(56-53(57)42-25-12-13-28-48(42)60-56)55-50-40-24-11-9-20-36(40)34-18-5-7-22-38(34)43(50)31-44-51-45(58(47)52(44)55)30-29-41-37-21-6-4-17-33(37)35-19-8-10-23-39(35)49(41)51/h1-31H. The summed E-state index contributed by atoms with van der Waals surface area (Å²) in [6, 6.07) is 71.5. The number of para-hydroxylation sites is 1. The van der Waals surface area contributed by atoms with E-state index in [4.69, 9.17) is 0 Å². The number of benzene rings is 11. The van der Waals surface area contributed by atoms with Crippen LogP contribution in [0.1, 0.15) is 0 Å². The first-order valence-electron chi connectivity index (χ1n) is 21.1. The highest BCUT2D eigenvalue weighted by molar-refractivity contribution is 7.26. The first-order chi connectivity index (χ1) is 29.8. The summed E-state index contributed by atoms with van der Waals surface area (Å²) in [5.41, 5.74) is 13.9. The monoisotopic (exact) mass is 771 g/mol. The van der Waals surface area contributed by atoms with Crippen LogP contribution in [-0.4, -0.2) is 13.4 Å². The number of rotatable bonds is 1. The Morgan fingerprint density at radius 1 is 0.350 bits per heavy atom. The van der Waals surface area contributed by atoms with Crippen LogP contribution in [0.4, 0.5) is 16.4 Å². The fourth-order valence-electron chi connectivity index (χ4n) is 12.1. The Labute approximate surface area is 350 Å². The maximum Gasteiger partial charge on any atom is 0.248 e. The Kier molecular flexibility index (Phi) is 6.00. The molecule has 0 saturated heterocycles. The van der Waals surface area contributed by atoms with E-state index in [9.17, 15) is 0 Å². The molecule has 15 rings (SSSR count). The zero-order valence-corrected chi connectivity index (χ0v) is 33.2. The molecule has 0 saturated carbocycles. The van der Waals surface area contributed by atoms with Gasteiger partial charge in [-0.2, -0.15) is 0 Å². The van der Waals surface area contributed by atoms with Gasteiger partial charge >= 0.3 is 0 Å². The van der Waals surface area contributed by atoms with Gasteiger partial charge in [-0.25, -0.2) is 0 Å². The molecular weight excluding hydrogens is 740 g/mol. The lowest BCUT2D eigenvalue weighted by atomic mass is 9.31. The predicted octanol–water partition coefficient (Wildman–Crippen LogP) is 10.9. The SMILES string of the molecule is c1ccc(B2c3cccc4c3N(c3sc5ccccc5c32)c2c3c(cc5c6ccccc6c6ccccc6c25)-c2c(ccc5c6ccccc6c6ccccc6c25)B43)cc1. The normalized spacial score (nSPS) is 13.6. The summed E-state index contributed by atoms with van der Waals surface area (Å²) in [5.74, 6) is 0. The van der Waals surface area contributed by atoms with Gasteiger partial charge in [-0.15, -0.1) is 11.3 Å². The van der Waals surface area contributed by atoms with E-state index in [1.165, 1.54) is 135 Å². The Bertz CT molecular complexity index is 3890. The summed E-state index contributed by atoms with van der Waals surface area (Å²) in [5, 5.41) is 18.5. The van der Waals surface area contributed by atoms with Crippen LogP contribution >= 0.6 is 11.3 Å². The van der Waals surface area contributed by atoms with E-state index >= 15 is 0 Å². The average molecular weight is 772 g/mol. The van der Waals surface area contributed by atoms with Gasteiger partial charge in [0.25, 0.3) is 0 Å². The third-order valence-corrected chi connectivity index (χ3v) is 15.4. The van der Waals surface area contributed by atoms with Gasteiger partial charge in [0.1, 0.15) is 0 Å². The molecule has 0 N–H and O–H groups in total. The minimum absolute atomic E-state index is 0.0767. The molecule has 0 bridgehead atoms. The van der Waals surface area contributed by atoms with E-state index in [1.54, 1.807) is 0 Å². The summed E-state index contributed by atoms with van der Waals surface area (Å²) in [7, 11) is 0. The van der Waals surface area contributed by atoms with Gasteiger partial charge in [0.15, 0.2) is 0 Å². The molecule has 3 aliphatic heterocycles. The van der Waals surface area contributed by atoms with Crippen molar-refractivity contribution in [2.75, 3.05) is 4.90 Å². The molecule has 4 heterocycles. The van der Waals surface area contributed by atoms with Crippen LogP contribution in [-0.2, 0) is 0 Å². The van der Waals surface area contributed by atoms with Crippen molar-refractivity contribution >= 4 is 149 Å². The lowest BCUT2D eigenvalue weighted by Crippen LogP contribution is -2.63. The number of hydrogen-bond acceptors (Lipinski definition) is 2. The molecule has 3 aliphatic rings. The van der Waals surface area contributed by atoms with Gasteiger partial charge in [0.05, 0.1) is 10.7 Å². The van der Waals surface area contributed by atoms with Crippen LogP contribution in [0.5, 0.6) is 0 Å². The molecule has 0 radical (unpaired) electrons. The van der Waals surface area contributed by atoms with Crippen molar-refractivity contribution in [1.29, 1.82) is 0 Å². The molecule has 0 amide bonds. The third-order valence-electron chi connectivity index (χ3n) is 14.3. The largest absolute Gasteiger partial charge is 0.303 e. The molecule has 0 aliphatic carbocycles. The number of thiophene rings is 1. The molecular formula is C56H31B2NS. The second-order valence-electron chi connectivity index (χ2n) is 17.0. The average Bonchev–Trinajstić information content (AvgIpc) is 3.87. The maximum atomic E-state index is 2.75. The molecule has 1 aromatic heterocycles. The van der Waals surface area contributed by atoms with Crippen molar-refractivity contribution in [3.63, 3.8) is 0 Å². The predicted molar refractivity (Wildman–Crippen MR) is 263 cm³/mol. The molecule has 0 fully saturated rings. The summed E-state index contributed by atoms with van der Waals surface area (Å²) >= 11 is 1.96. The second kappa shape index (κ2) is 11.3. The molecule has 1 nitrogen and oxygen atoms in total. The summed E-state index contributed by atoms with van der Waals surface area (Å²) in [6.07, 6.45) is 0. The lowest BCUT2D eigenvalue weighted by molar-refractivity contribution is 1.36. The smallest absolute Gasteiger partial charge is 0.248 e. The summed E-state index contributed by atoms with van der Waals surface area (Å²) in [6.45, 7) is 0.178. The Morgan fingerprint density at radius 2 is 0.867 bits per heavy atom. The molecule has 272 valence electrons. The topological polar surface area (TPSA) is 3.24 Å². The summed E-state index contributed by atoms with van der Waals surface area (Å²) in [4.78, 5) is 2.75. The Balaban J connectivity index is 1.21. The molecule has 0 spiro atoms. The number of fused-ring (bicyclic) bond motifs is 23. The number of nitrogens with zero attached hydrogens (tertiary/aromatic N) is 1. The van der Waals surface area contributed by atoms with Crippen LogP contribution in [0, 0.1) is 0 Å². The van der Waals surface area contributed by atoms with Crippen molar-refractivity contribution in [3.05, 3.63) is 188 Å². The highest BCUT2D eigenvalue weighted by atomic mass is 32.1. The zero-order chi connectivity index (χ0) is 38.8. The first kappa shape index (κ1) is 31.8. The molecule has 12 aromatic rings. The zero-order valence-electron chi connectivity index (χ0n) is 32.4. The molecule has 0 unspecified atom stereocenters. The molecule has 4 heteroatoms. The van der Waals surface area contributed by atoms with Crippen molar-refractivity contribution in [2.45, 2.75) is 0 Å². The van der Waals surface area contributed by atoms with Crippen LogP contribution < -0.4 is 37.7 Å². The highest BCUT2D eigenvalue weighted by Gasteiger charge is 2.49. The van der Waals surface area contributed by atoms with E-state index < -0.39 is 0 Å². The van der Waals surface area contributed by atoms with E-state index in [0.29, 0.717) is 0 Å². The van der Waals surface area contributed by atoms with Gasteiger partial charge in [0.2, 0.25) is 13.4 Å². The van der Waals surface area contributed by atoms with Crippen LogP contribution in [0.2, 0.25) is 0 Å². The Hall–Kier alpha value is -7.13. The minimum atomic E-state index is 0.0767. The second-order valence-corrected chi connectivity index (χ2v) is 18.0. The highest BCUT2D eigenvalue weighted by Crippen LogP contribution is 2.52. The van der Waals surface area contributed by atoms with Crippen molar-refractivity contribution in [2.24, 2.45) is 0 Å². The van der Waals surface area contributed by atoms with Gasteiger partial charge in [-0.1, -0.05) is 187 Å². The van der Waals surface area contributed by atoms with Gasteiger partial charge in [-0.05, 0) is 110 Å². The van der Waals surface area contributed by atoms with Crippen molar-refractivity contribution in [1.82, 2.24) is 0 Å². The first-order valence-corrected chi connectivity index (χ1v) is 21.9. The van der Waals surface area contributed by atoms with E-state index in [1.807, 2.05) is 11.3 Å². The summed E-state index contributed by atoms with van der Waals surface area (Å²) < 4.78 is 1.33. The van der Waals surface area contributed by atoms with Gasteiger partial charge in [-0.3, -0.25) is 0 Å². The fourth-order valence-corrected chi connectivity index (χ4v) is 13.3. The quantitative estimate of drug-likeness (QED) is 0.119. The minimum Gasteiger partial charge on any atom is -0.303 e. The van der Waals surface area contributed by atoms with Gasteiger partial charge in [0, 0.05) is 15.8 Å². The lowest BCUT2D eigenvalue weighted by Gasteiger charge is -2.42. The van der Waals surface area contributed by atoms with Crippen LogP contribution in [0.15, 0.2) is 188 Å². The van der Waals surface area contributed by atoms with Gasteiger partial charge < -0.3 is 4.90 Å². The van der Waals surface area contributed by atoms with E-state index in [2.05, 4.69) is 193 Å². The molecule has 60 heavy (non-hydrogen) atoms. The van der Waals surface area contributed by atoms with Crippen LogP contribution in [0.25, 0.3) is 85.8 Å². The number of hydrogen-bond donors (Lipinski definition) is 0. The van der Waals surface area contributed by atoms with E-state index in [0.717, 1.165) is 0 Å². The Morgan fingerprint density at radius 3 is 1.53 bits per heavy atom. The maximum absolute atomic E-state index is 2.75. The van der Waals surface area contributed by atoms with Crippen LogP contribution in [0.3, 0.4) is 0 Å². The number of anilines is 3. The van der Waals surface area contributed by atoms with E-state index in [-0.39, 0.29) is 13.4 Å². The molecule has 0 atom stereocenters.